The minimum Gasteiger partial charge on any atom is -0.508 e. The molecule has 5 heterocycles. The number of hydrogen-bond acceptors (Lipinski definition) is 10. The van der Waals surface area contributed by atoms with Crippen LogP contribution in [0.3, 0.4) is 0 Å². The molecule has 2 bridgehead atoms. The van der Waals surface area contributed by atoms with Gasteiger partial charge in [-0.3, -0.25) is 4.79 Å². The van der Waals surface area contributed by atoms with Crippen molar-refractivity contribution < 1.29 is 28.2 Å². The Balaban J connectivity index is 1.13. The molecule has 2 saturated carbocycles. The quantitative estimate of drug-likeness (QED) is 0.149. The van der Waals surface area contributed by atoms with Gasteiger partial charge in [0.2, 0.25) is 11.8 Å². The Morgan fingerprint density at radius 2 is 1.83 bits per heavy atom. The number of aromatic nitrogens is 3. The van der Waals surface area contributed by atoms with Crippen LogP contribution in [-0.2, 0) is 4.79 Å². The van der Waals surface area contributed by atoms with Crippen molar-refractivity contribution in [3.8, 4) is 47.3 Å². The summed E-state index contributed by atoms with van der Waals surface area (Å²) >= 11 is 0. The van der Waals surface area contributed by atoms with Crippen molar-refractivity contribution in [3.05, 3.63) is 41.5 Å². The van der Waals surface area contributed by atoms with Gasteiger partial charge in [0, 0.05) is 74.0 Å². The van der Waals surface area contributed by atoms with Crippen molar-refractivity contribution in [1.29, 1.82) is 5.26 Å². The van der Waals surface area contributed by atoms with Gasteiger partial charge in [0.25, 0.3) is 0 Å². The molecule has 9 rings (SSSR count). The van der Waals surface area contributed by atoms with E-state index in [2.05, 4.69) is 26.9 Å². The molecule has 3 aliphatic heterocycles. The molecule has 4 atom stereocenters. The average Bonchev–Trinajstić information content (AvgIpc) is 4.05. The van der Waals surface area contributed by atoms with E-state index in [-0.39, 0.29) is 74.2 Å². The zero-order chi connectivity index (χ0) is 37.3. The summed E-state index contributed by atoms with van der Waals surface area (Å²) < 4.78 is 44.6. The average molecular weight is 734 g/mol. The molecule has 2 aromatic carbocycles. The molecular weight excluding hydrogens is 692 g/mol. The van der Waals surface area contributed by atoms with Gasteiger partial charge in [-0.2, -0.15) is 15.2 Å². The second-order valence-electron chi connectivity index (χ2n) is 15.8. The second-order valence-corrected chi connectivity index (χ2v) is 15.8. The summed E-state index contributed by atoms with van der Waals surface area (Å²) in [5.74, 6) is 2.83. The smallest absolute Gasteiger partial charge is 0.319 e. The number of carbonyl (C=O) groups is 1. The second kappa shape index (κ2) is 13.2. The maximum atomic E-state index is 17.3. The summed E-state index contributed by atoms with van der Waals surface area (Å²) in [7, 11) is 1.42. The van der Waals surface area contributed by atoms with Gasteiger partial charge in [0.15, 0.2) is 5.82 Å². The molecule has 4 unspecified atom stereocenters. The molecule has 278 valence electrons. The third-order valence-electron chi connectivity index (χ3n) is 12.2. The minimum absolute atomic E-state index is 0.0122. The van der Waals surface area contributed by atoms with E-state index in [1.807, 2.05) is 9.80 Å². The highest BCUT2D eigenvalue weighted by Crippen LogP contribution is 2.51. The van der Waals surface area contributed by atoms with Gasteiger partial charge in [-0.05, 0) is 73.9 Å². The number of terminal acetylenes is 1. The normalized spacial score (nSPS) is 23.6. The number of aromatic hydroxyl groups is 1. The largest absolute Gasteiger partial charge is 0.508 e. The number of piperidine rings is 1. The number of nitriles is 1. The lowest BCUT2D eigenvalue weighted by atomic mass is 9.95. The fraction of sp³-hybridized carbons (Fsp3) is 0.488. The van der Waals surface area contributed by atoms with E-state index in [0.717, 1.165) is 57.2 Å². The van der Waals surface area contributed by atoms with Gasteiger partial charge in [0.1, 0.15) is 34.0 Å². The van der Waals surface area contributed by atoms with Crippen LogP contribution >= 0.6 is 0 Å². The summed E-state index contributed by atoms with van der Waals surface area (Å²) in [6.45, 7) is 4.49. The maximum absolute atomic E-state index is 17.3. The number of rotatable bonds is 11. The first-order valence-electron chi connectivity index (χ1n) is 18.8. The summed E-state index contributed by atoms with van der Waals surface area (Å²) in [4.78, 5) is 34.0. The SMILES string of the molecule is C#Cc1c(F)ccc2cc(O)cc(-c3nc(OC)c4c(N5CC6CCC(C5)N6C(=O)CCCC#N)nc(OCC5(CN6CC7CC7C6)CC5)nc4c3F)c12. The van der Waals surface area contributed by atoms with Crippen molar-refractivity contribution in [1.82, 2.24) is 24.8 Å². The minimum atomic E-state index is -0.829. The molecule has 11 nitrogen and oxygen atoms in total. The van der Waals surface area contributed by atoms with Crippen molar-refractivity contribution in [2.75, 3.05) is 51.3 Å². The first-order chi connectivity index (χ1) is 26.2. The van der Waals surface area contributed by atoms with Crippen LogP contribution in [0.2, 0.25) is 0 Å². The van der Waals surface area contributed by atoms with E-state index < -0.39 is 11.6 Å². The number of likely N-dealkylation sites (tertiary alicyclic amines) is 1. The molecule has 2 aromatic heterocycles. The fourth-order valence-corrected chi connectivity index (χ4v) is 9.25. The highest BCUT2D eigenvalue weighted by molar-refractivity contribution is 6.04. The summed E-state index contributed by atoms with van der Waals surface area (Å²) in [6.07, 6.45) is 11.9. The third-order valence-corrected chi connectivity index (χ3v) is 12.2. The van der Waals surface area contributed by atoms with Crippen molar-refractivity contribution in [2.24, 2.45) is 17.3 Å². The van der Waals surface area contributed by atoms with E-state index in [4.69, 9.17) is 26.1 Å². The van der Waals surface area contributed by atoms with Crippen molar-refractivity contribution in [2.45, 2.75) is 63.5 Å². The number of nitrogens with zero attached hydrogens (tertiary/aromatic N) is 7. The standard InChI is InChI=1S/C41H41F2N7O4/c1-3-29-31(42)10-7-23-15-28(51)16-30(33(23)29)36-35(43)37-34(39(45-36)53-2)38(49-19-26-8-9-27(20-49)50(26)32(52)6-4-5-13-44)47-40(46-37)54-22-41(11-12-41)21-48-17-24-14-25(24)18-48/h1,7,10,15-16,24-27,51H,4-6,8-9,11-12,14,17-22H2,2H3. The maximum Gasteiger partial charge on any atom is 0.319 e. The number of amides is 1. The number of carbonyl (C=O) groups excluding carboxylic acids is 1. The summed E-state index contributed by atoms with van der Waals surface area (Å²) in [5, 5.41) is 20.6. The number of halogens is 2. The molecule has 1 N–H and O–H groups in total. The Hall–Kier alpha value is -5.27. The molecule has 0 spiro atoms. The van der Waals surface area contributed by atoms with Gasteiger partial charge in [0.05, 0.1) is 25.3 Å². The highest BCUT2D eigenvalue weighted by Gasteiger charge is 2.51. The molecule has 1 amide bonds. The van der Waals surface area contributed by atoms with Crippen LogP contribution in [-0.4, -0.2) is 94.3 Å². The van der Waals surface area contributed by atoms with Crippen LogP contribution < -0.4 is 14.4 Å². The molecule has 4 aromatic rings. The Morgan fingerprint density at radius 3 is 2.52 bits per heavy atom. The third kappa shape index (κ3) is 5.99. The van der Waals surface area contributed by atoms with Gasteiger partial charge in [-0.15, -0.1) is 6.42 Å². The number of fused-ring (bicyclic) bond motifs is 5. The number of benzene rings is 2. The van der Waals surface area contributed by atoms with Crippen LogP contribution in [0.1, 0.15) is 56.9 Å². The van der Waals surface area contributed by atoms with Crippen LogP contribution in [0, 0.1) is 52.6 Å². The Bertz CT molecular complexity index is 2260. The number of piperazine rings is 1. The van der Waals surface area contributed by atoms with Gasteiger partial charge in [-0.25, -0.2) is 13.8 Å². The van der Waals surface area contributed by atoms with Crippen LogP contribution in [0.4, 0.5) is 14.6 Å². The molecule has 2 aliphatic carbocycles. The van der Waals surface area contributed by atoms with E-state index in [9.17, 15) is 9.90 Å². The number of pyridine rings is 1. The van der Waals surface area contributed by atoms with Crippen molar-refractivity contribution in [3.63, 3.8) is 0 Å². The predicted octanol–water partition coefficient (Wildman–Crippen LogP) is 5.80. The van der Waals surface area contributed by atoms with E-state index in [1.54, 1.807) is 0 Å². The number of anilines is 1. The van der Waals surface area contributed by atoms with E-state index in [0.29, 0.717) is 50.2 Å². The van der Waals surface area contributed by atoms with Crippen LogP contribution in [0.15, 0.2) is 24.3 Å². The number of unbranched alkanes of at least 4 members (excludes halogenated alkanes) is 1. The van der Waals surface area contributed by atoms with Crippen LogP contribution in [0.5, 0.6) is 17.6 Å². The van der Waals surface area contributed by atoms with Gasteiger partial charge < -0.3 is 29.3 Å². The zero-order valence-corrected chi connectivity index (χ0v) is 30.2. The lowest BCUT2D eigenvalue weighted by Crippen LogP contribution is -2.56. The number of phenols is 1. The molecule has 0 radical (unpaired) electrons. The van der Waals surface area contributed by atoms with E-state index in [1.165, 1.54) is 37.8 Å². The monoisotopic (exact) mass is 733 g/mol. The number of phenolic OH excluding ortho intramolecular Hbond substituents is 1. The van der Waals surface area contributed by atoms with Crippen LogP contribution in [0.25, 0.3) is 32.9 Å². The van der Waals surface area contributed by atoms with Crippen molar-refractivity contribution >= 4 is 33.4 Å². The lowest BCUT2D eigenvalue weighted by molar-refractivity contribution is -0.134. The summed E-state index contributed by atoms with van der Waals surface area (Å²) in [5.41, 5.74) is -0.339. The first kappa shape index (κ1) is 34.5. The number of ether oxygens (including phenoxy) is 2. The Kier molecular flexibility index (Phi) is 8.46. The Morgan fingerprint density at radius 1 is 1.07 bits per heavy atom. The molecule has 54 heavy (non-hydrogen) atoms. The summed E-state index contributed by atoms with van der Waals surface area (Å²) in [6, 6.07) is 7.37. The number of methoxy groups -OCH3 is 1. The molecule has 5 aliphatic rings. The molecule has 5 fully saturated rings. The van der Waals surface area contributed by atoms with E-state index >= 15 is 8.78 Å². The van der Waals surface area contributed by atoms with Gasteiger partial charge in [-0.1, -0.05) is 12.0 Å². The Labute approximate surface area is 311 Å². The number of hydrogen-bond donors (Lipinski definition) is 1. The zero-order valence-electron chi connectivity index (χ0n) is 30.2. The molecule has 13 heteroatoms. The lowest BCUT2D eigenvalue weighted by Gasteiger charge is -2.42. The first-order valence-corrected chi connectivity index (χ1v) is 18.8. The predicted molar refractivity (Wildman–Crippen MR) is 197 cm³/mol. The topological polar surface area (TPSA) is 128 Å². The molecular formula is C41H41F2N7O4. The van der Waals surface area contributed by atoms with Gasteiger partial charge >= 0.3 is 6.01 Å². The highest BCUT2D eigenvalue weighted by atomic mass is 19.1. The molecule has 3 saturated heterocycles. The fourth-order valence-electron chi connectivity index (χ4n) is 9.25.